The molecule has 0 saturated heterocycles. The van der Waals surface area contributed by atoms with E-state index in [1.165, 1.54) is 0 Å². The molecule has 1 unspecified atom stereocenters. The molecule has 0 bridgehead atoms. The van der Waals surface area contributed by atoms with Gasteiger partial charge in [0.1, 0.15) is 22.8 Å². The van der Waals surface area contributed by atoms with E-state index in [0.717, 1.165) is 29.0 Å². The average molecular weight is 297 g/mol. The molecule has 3 heterocycles. The van der Waals surface area contributed by atoms with Crippen molar-refractivity contribution in [1.82, 2.24) is 19.7 Å². The molecule has 88 valence electrons. The second-order valence-electron chi connectivity index (χ2n) is 4.00. The van der Waals surface area contributed by atoms with Gasteiger partial charge in [0.05, 0.1) is 6.04 Å². The number of aryl methyl sites for hydroxylation is 1. The molecule has 0 spiro atoms. The van der Waals surface area contributed by atoms with E-state index in [9.17, 15) is 4.39 Å². The van der Waals surface area contributed by atoms with Gasteiger partial charge in [-0.1, -0.05) is 6.07 Å². The molecule has 0 N–H and O–H groups in total. The Hall–Kier alpha value is -1.30. The van der Waals surface area contributed by atoms with Crippen LogP contribution in [-0.2, 0) is 6.42 Å². The number of alkyl halides is 1. The number of hydrogen-bond donors (Lipinski definition) is 0. The Morgan fingerprint density at radius 3 is 3.06 bits per heavy atom. The van der Waals surface area contributed by atoms with E-state index < -0.39 is 0 Å². The first kappa shape index (κ1) is 10.8. The average Bonchev–Trinajstić information content (AvgIpc) is 2.89. The smallest absolute Gasteiger partial charge is 0.183 e. The minimum Gasteiger partial charge on any atom is -0.304 e. The van der Waals surface area contributed by atoms with E-state index >= 15 is 0 Å². The lowest BCUT2D eigenvalue weighted by atomic mass is 10.2. The Kier molecular flexibility index (Phi) is 2.66. The number of halogens is 2. The number of hydrogen-bond acceptors (Lipinski definition) is 3. The maximum Gasteiger partial charge on any atom is 0.183 e. The highest BCUT2D eigenvalue weighted by Crippen LogP contribution is 2.30. The third-order valence-corrected chi connectivity index (χ3v) is 3.40. The molecule has 0 amide bonds. The molecule has 0 aromatic carbocycles. The molecule has 0 radical (unpaired) electrons. The summed E-state index contributed by atoms with van der Waals surface area (Å²) < 4.78 is 15.5. The molecule has 2 aromatic heterocycles. The zero-order chi connectivity index (χ0) is 11.8. The summed E-state index contributed by atoms with van der Waals surface area (Å²) in [5, 5.41) is 8.20. The third kappa shape index (κ3) is 1.76. The number of rotatable bonds is 2. The predicted molar refractivity (Wildman–Crippen MR) is 64.3 cm³/mol. The van der Waals surface area contributed by atoms with E-state index in [0.29, 0.717) is 5.82 Å². The molecule has 1 atom stereocenters. The summed E-state index contributed by atoms with van der Waals surface area (Å²) in [7, 11) is 0. The topological polar surface area (TPSA) is 43.6 Å². The molecular weight excluding hydrogens is 287 g/mol. The fourth-order valence-corrected chi connectivity index (χ4v) is 2.50. The molecular formula is C11H10BrFN4. The highest BCUT2D eigenvalue weighted by Gasteiger charge is 2.27. The fraction of sp³-hybridized carbons (Fsp3) is 0.364. The first-order valence-electron chi connectivity index (χ1n) is 5.42. The first-order chi connectivity index (χ1) is 8.29. The standard InChI is InChI=1S/C11H10BrFN4/c12-9-3-1-2-8(14-9)11-16-15-10-5-4-7(6-13)17(10)11/h1-3,7H,4-6H2. The SMILES string of the molecule is FCC1CCc2nnc(-c3cccc(Br)n3)n21. The molecule has 3 rings (SSSR count). The summed E-state index contributed by atoms with van der Waals surface area (Å²) in [5.41, 5.74) is 0.721. The molecule has 1 aliphatic heterocycles. The molecule has 2 aromatic rings. The van der Waals surface area contributed by atoms with Crippen molar-refractivity contribution in [1.29, 1.82) is 0 Å². The third-order valence-electron chi connectivity index (χ3n) is 2.96. The Labute approximate surface area is 106 Å². The minimum absolute atomic E-state index is 0.143. The monoisotopic (exact) mass is 296 g/mol. The number of pyridine rings is 1. The number of nitrogens with zero attached hydrogens (tertiary/aromatic N) is 4. The Bertz CT molecular complexity index is 554. The van der Waals surface area contributed by atoms with Gasteiger partial charge in [0, 0.05) is 6.42 Å². The zero-order valence-electron chi connectivity index (χ0n) is 8.98. The van der Waals surface area contributed by atoms with Crippen LogP contribution in [0.2, 0.25) is 0 Å². The lowest BCUT2D eigenvalue weighted by Gasteiger charge is -2.10. The lowest BCUT2D eigenvalue weighted by molar-refractivity contribution is 0.368. The van der Waals surface area contributed by atoms with Gasteiger partial charge in [0.2, 0.25) is 0 Å². The molecule has 6 heteroatoms. The predicted octanol–water partition coefficient (Wildman–Crippen LogP) is 2.56. The van der Waals surface area contributed by atoms with E-state index in [1.807, 2.05) is 22.8 Å². The molecule has 1 aliphatic rings. The van der Waals surface area contributed by atoms with Crippen LogP contribution >= 0.6 is 15.9 Å². The summed E-state index contributed by atoms with van der Waals surface area (Å²) in [6.45, 7) is -0.383. The van der Waals surface area contributed by atoms with Crippen molar-refractivity contribution in [3.05, 3.63) is 28.6 Å². The summed E-state index contributed by atoms with van der Waals surface area (Å²) in [6, 6.07) is 5.44. The summed E-state index contributed by atoms with van der Waals surface area (Å²) >= 11 is 3.32. The van der Waals surface area contributed by atoms with Crippen molar-refractivity contribution in [3.8, 4) is 11.5 Å². The molecule has 4 nitrogen and oxygen atoms in total. The normalized spacial score (nSPS) is 18.4. The van der Waals surface area contributed by atoms with Crippen LogP contribution in [0.15, 0.2) is 22.8 Å². The number of fused-ring (bicyclic) bond motifs is 1. The molecule has 17 heavy (non-hydrogen) atoms. The van der Waals surface area contributed by atoms with Crippen molar-refractivity contribution >= 4 is 15.9 Å². The van der Waals surface area contributed by atoms with Crippen LogP contribution in [0.3, 0.4) is 0 Å². The molecule has 0 fully saturated rings. The summed E-state index contributed by atoms with van der Waals surface area (Å²) in [6.07, 6.45) is 1.58. The van der Waals surface area contributed by atoms with E-state index in [4.69, 9.17) is 0 Å². The van der Waals surface area contributed by atoms with Crippen LogP contribution in [0, 0.1) is 0 Å². The summed E-state index contributed by atoms with van der Waals surface area (Å²) in [5.74, 6) is 1.51. The van der Waals surface area contributed by atoms with Gasteiger partial charge in [-0.25, -0.2) is 9.37 Å². The summed E-state index contributed by atoms with van der Waals surface area (Å²) in [4.78, 5) is 4.33. The van der Waals surface area contributed by atoms with Gasteiger partial charge < -0.3 is 4.57 Å². The number of aromatic nitrogens is 4. The largest absolute Gasteiger partial charge is 0.304 e. The fourth-order valence-electron chi connectivity index (χ4n) is 2.16. The van der Waals surface area contributed by atoms with Crippen LogP contribution in [0.4, 0.5) is 4.39 Å². The maximum atomic E-state index is 12.9. The highest BCUT2D eigenvalue weighted by molar-refractivity contribution is 9.10. The van der Waals surface area contributed by atoms with Crippen molar-refractivity contribution in [2.75, 3.05) is 6.67 Å². The van der Waals surface area contributed by atoms with Gasteiger partial charge in [-0.05, 0) is 34.5 Å². The van der Waals surface area contributed by atoms with Crippen LogP contribution in [0.25, 0.3) is 11.5 Å². The maximum absolute atomic E-state index is 12.9. The van der Waals surface area contributed by atoms with Crippen LogP contribution in [0.5, 0.6) is 0 Å². The van der Waals surface area contributed by atoms with Crippen LogP contribution in [0.1, 0.15) is 18.3 Å². The van der Waals surface area contributed by atoms with Crippen LogP contribution < -0.4 is 0 Å². The van der Waals surface area contributed by atoms with Gasteiger partial charge in [0.25, 0.3) is 0 Å². The zero-order valence-corrected chi connectivity index (χ0v) is 10.6. The Balaban J connectivity index is 2.11. The molecule has 0 aliphatic carbocycles. The van der Waals surface area contributed by atoms with E-state index in [2.05, 4.69) is 31.1 Å². The quantitative estimate of drug-likeness (QED) is 0.800. The lowest BCUT2D eigenvalue weighted by Crippen LogP contribution is -2.08. The van der Waals surface area contributed by atoms with Gasteiger partial charge in [-0.2, -0.15) is 0 Å². The molecule has 0 saturated carbocycles. The minimum atomic E-state index is -0.383. The Morgan fingerprint density at radius 2 is 2.29 bits per heavy atom. The van der Waals surface area contributed by atoms with Crippen molar-refractivity contribution in [2.24, 2.45) is 0 Å². The van der Waals surface area contributed by atoms with Gasteiger partial charge in [-0.15, -0.1) is 10.2 Å². The van der Waals surface area contributed by atoms with E-state index in [-0.39, 0.29) is 12.7 Å². The van der Waals surface area contributed by atoms with E-state index in [1.54, 1.807) is 0 Å². The van der Waals surface area contributed by atoms with Gasteiger partial charge in [-0.3, -0.25) is 0 Å². The van der Waals surface area contributed by atoms with Crippen molar-refractivity contribution < 1.29 is 4.39 Å². The second kappa shape index (κ2) is 4.18. The Morgan fingerprint density at radius 1 is 1.41 bits per heavy atom. The van der Waals surface area contributed by atoms with Gasteiger partial charge >= 0.3 is 0 Å². The highest BCUT2D eigenvalue weighted by atomic mass is 79.9. The van der Waals surface area contributed by atoms with Crippen LogP contribution in [-0.4, -0.2) is 26.4 Å². The first-order valence-corrected chi connectivity index (χ1v) is 6.21. The van der Waals surface area contributed by atoms with Crippen molar-refractivity contribution in [2.45, 2.75) is 18.9 Å². The van der Waals surface area contributed by atoms with Crippen molar-refractivity contribution in [3.63, 3.8) is 0 Å². The second-order valence-corrected chi connectivity index (χ2v) is 4.81. The van der Waals surface area contributed by atoms with Gasteiger partial charge in [0.15, 0.2) is 5.82 Å².